The lowest BCUT2D eigenvalue weighted by molar-refractivity contribution is -0.862. The third-order valence-electron chi connectivity index (χ3n) is 2.89. The first-order valence-electron chi connectivity index (χ1n) is 6.54. The van der Waals surface area contributed by atoms with Gasteiger partial charge in [-0.15, -0.1) is 11.3 Å². The molecule has 2 nitrogen and oxygen atoms in total. The average Bonchev–Trinajstić information content (AvgIpc) is 2.92. The molecular weight excluding hydrogens is 346 g/mol. The van der Waals surface area contributed by atoms with Crippen LogP contribution >= 0.6 is 11.3 Å². The van der Waals surface area contributed by atoms with Gasteiger partial charge in [0.15, 0.2) is 5.60 Å². The third kappa shape index (κ3) is 4.69. The van der Waals surface area contributed by atoms with E-state index in [0.29, 0.717) is 6.54 Å². The first-order chi connectivity index (χ1) is 9.42. The quantitative estimate of drug-likeness (QED) is 0.584. The minimum absolute atomic E-state index is 0. The summed E-state index contributed by atoms with van der Waals surface area (Å²) in [5, 5.41) is 13.0. The van der Waals surface area contributed by atoms with Crippen molar-refractivity contribution in [1.29, 1.82) is 0 Å². The summed E-state index contributed by atoms with van der Waals surface area (Å²) in [5.41, 5.74) is -0.402. The zero-order valence-corrected chi connectivity index (χ0v) is 14.9. The Kier molecular flexibility index (Phi) is 6.18. The summed E-state index contributed by atoms with van der Waals surface area (Å²) < 4.78 is 0.752. The van der Waals surface area contributed by atoms with Gasteiger partial charge in [0.2, 0.25) is 0 Å². The van der Waals surface area contributed by atoms with Crippen molar-refractivity contribution >= 4 is 11.3 Å². The van der Waals surface area contributed by atoms with Gasteiger partial charge in [-0.25, -0.2) is 0 Å². The van der Waals surface area contributed by atoms with Crippen LogP contribution in [0, 0.1) is 11.8 Å². The number of halogens is 1. The second kappa shape index (κ2) is 7.24. The van der Waals surface area contributed by atoms with Crippen LogP contribution in [0.25, 0.3) is 0 Å². The zero-order valence-electron chi connectivity index (χ0n) is 12.5. The summed E-state index contributed by atoms with van der Waals surface area (Å²) in [7, 11) is 6.25. The number of thiophene rings is 1. The maximum Gasteiger partial charge on any atom is 0.186 e. The van der Waals surface area contributed by atoms with Gasteiger partial charge in [0.1, 0.15) is 6.54 Å². The van der Waals surface area contributed by atoms with E-state index in [1.807, 2.05) is 47.8 Å². The van der Waals surface area contributed by atoms with Gasteiger partial charge >= 0.3 is 0 Å². The smallest absolute Gasteiger partial charge is 0.186 e. The van der Waals surface area contributed by atoms with Crippen molar-refractivity contribution < 1.29 is 26.6 Å². The number of hydrogen-bond donors (Lipinski definition) is 1. The van der Waals surface area contributed by atoms with Crippen molar-refractivity contribution in [3.8, 4) is 11.8 Å². The molecule has 0 spiro atoms. The molecule has 1 heterocycles. The molecule has 0 aliphatic heterocycles. The van der Waals surface area contributed by atoms with Crippen LogP contribution in [-0.2, 0) is 5.60 Å². The second-order valence-corrected chi connectivity index (χ2v) is 6.75. The maximum atomic E-state index is 11.1. The molecule has 0 aliphatic rings. The monoisotopic (exact) mass is 365 g/mol. The molecule has 0 amide bonds. The molecule has 21 heavy (non-hydrogen) atoms. The molecular formula is C17H20BrNOS. The number of nitrogens with zero attached hydrogens (tertiary/aromatic N) is 1. The predicted octanol–water partition coefficient (Wildman–Crippen LogP) is -0.302. The van der Waals surface area contributed by atoms with Crippen molar-refractivity contribution in [1.82, 2.24) is 0 Å². The molecule has 1 atom stereocenters. The Morgan fingerprint density at radius 1 is 1.10 bits per heavy atom. The Bertz CT molecular complexity index is 608. The molecule has 1 aromatic heterocycles. The summed E-state index contributed by atoms with van der Waals surface area (Å²) in [6, 6.07) is 13.5. The number of aliphatic hydroxyl groups is 1. The van der Waals surface area contributed by atoms with Gasteiger partial charge in [-0.3, -0.25) is 0 Å². The molecule has 112 valence electrons. The van der Waals surface area contributed by atoms with Gasteiger partial charge in [0.05, 0.1) is 26.0 Å². The fourth-order valence-corrected chi connectivity index (χ4v) is 2.64. The minimum Gasteiger partial charge on any atom is -1.00 e. The third-order valence-corrected chi connectivity index (χ3v) is 3.87. The lowest BCUT2D eigenvalue weighted by Gasteiger charge is -2.23. The second-order valence-electron chi connectivity index (χ2n) is 5.80. The molecule has 0 radical (unpaired) electrons. The Hall–Kier alpha value is -1.12. The van der Waals surface area contributed by atoms with Crippen LogP contribution in [-0.4, -0.2) is 37.3 Å². The van der Waals surface area contributed by atoms with Crippen LogP contribution < -0.4 is 17.0 Å². The number of rotatable bonds is 3. The molecule has 2 aromatic rings. The molecule has 0 aliphatic carbocycles. The lowest BCUT2D eigenvalue weighted by atomic mass is 9.92. The maximum absolute atomic E-state index is 11.1. The molecule has 1 N–H and O–H groups in total. The van der Waals surface area contributed by atoms with E-state index >= 15 is 0 Å². The fourth-order valence-electron chi connectivity index (χ4n) is 1.84. The van der Waals surface area contributed by atoms with Gasteiger partial charge in [-0.2, -0.15) is 0 Å². The minimum atomic E-state index is -1.22. The highest BCUT2D eigenvalue weighted by Crippen LogP contribution is 2.32. The summed E-state index contributed by atoms with van der Waals surface area (Å²) in [5.74, 6) is 6.20. The molecule has 0 saturated heterocycles. The van der Waals surface area contributed by atoms with Crippen LogP contribution in [0.1, 0.15) is 10.4 Å². The van der Waals surface area contributed by atoms with Crippen molar-refractivity contribution in [2.24, 2.45) is 0 Å². The average molecular weight is 366 g/mol. The van der Waals surface area contributed by atoms with Gasteiger partial charge in [0.25, 0.3) is 0 Å². The van der Waals surface area contributed by atoms with E-state index < -0.39 is 5.60 Å². The van der Waals surface area contributed by atoms with E-state index in [1.165, 1.54) is 11.3 Å². The van der Waals surface area contributed by atoms with Crippen molar-refractivity contribution in [2.45, 2.75) is 5.60 Å². The van der Waals surface area contributed by atoms with Crippen LogP contribution in [0.15, 0.2) is 47.8 Å². The fraction of sp³-hybridized carbons (Fsp3) is 0.294. The van der Waals surface area contributed by atoms with E-state index in [9.17, 15) is 5.11 Å². The first kappa shape index (κ1) is 17.9. The zero-order chi connectivity index (χ0) is 14.6. The molecule has 0 fully saturated rings. The number of benzene rings is 1. The number of quaternary nitrogens is 1. The van der Waals surface area contributed by atoms with Gasteiger partial charge in [-0.1, -0.05) is 42.3 Å². The first-order valence-corrected chi connectivity index (χ1v) is 7.42. The van der Waals surface area contributed by atoms with E-state index in [4.69, 9.17) is 0 Å². The van der Waals surface area contributed by atoms with Crippen LogP contribution in [0.2, 0.25) is 0 Å². The Morgan fingerprint density at radius 2 is 1.76 bits per heavy atom. The SMILES string of the molecule is C[N+](C)(C)CC#CC(O)(c1ccccc1)c1cccs1.[Br-]. The predicted molar refractivity (Wildman–Crippen MR) is 84.4 cm³/mol. The van der Waals surface area contributed by atoms with E-state index in [2.05, 4.69) is 33.0 Å². The van der Waals surface area contributed by atoms with Crippen molar-refractivity contribution in [3.05, 3.63) is 58.3 Å². The summed E-state index contributed by atoms with van der Waals surface area (Å²) >= 11 is 1.53. The molecule has 1 aromatic carbocycles. The highest BCUT2D eigenvalue weighted by Gasteiger charge is 2.30. The highest BCUT2D eigenvalue weighted by atomic mass is 79.9. The highest BCUT2D eigenvalue weighted by molar-refractivity contribution is 7.10. The Morgan fingerprint density at radius 3 is 2.29 bits per heavy atom. The van der Waals surface area contributed by atoms with Crippen molar-refractivity contribution in [2.75, 3.05) is 27.7 Å². The summed E-state index contributed by atoms with van der Waals surface area (Å²) in [6.07, 6.45) is 0. The lowest BCUT2D eigenvalue weighted by Crippen LogP contribution is -3.00. The summed E-state index contributed by atoms with van der Waals surface area (Å²) in [6.45, 7) is 0.695. The number of hydrogen-bond acceptors (Lipinski definition) is 2. The Labute approximate surface area is 141 Å². The normalized spacial score (nSPS) is 13.5. The van der Waals surface area contributed by atoms with Crippen LogP contribution in [0.3, 0.4) is 0 Å². The summed E-state index contributed by atoms with van der Waals surface area (Å²) in [4.78, 5) is 0.859. The molecule has 0 saturated carbocycles. The standard InChI is InChI=1S/C17H20NOS.BrH/c1-18(2,3)13-8-12-17(19,16-11-7-14-20-16)15-9-5-4-6-10-15;/h4-7,9-11,14,19H,13H2,1-3H3;1H/q+1;/p-1. The molecule has 0 bridgehead atoms. The van der Waals surface area contributed by atoms with Crippen LogP contribution in [0.5, 0.6) is 0 Å². The molecule has 1 unspecified atom stereocenters. The topological polar surface area (TPSA) is 20.2 Å². The van der Waals surface area contributed by atoms with Crippen molar-refractivity contribution in [3.63, 3.8) is 0 Å². The largest absolute Gasteiger partial charge is 1.00 e. The van der Waals surface area contributed by atoms with E-state index in [0.717, 1.165) is 14.9 Å². The molecule has 4 heteroatoms. The Balaban J connectivity index is 0.00000220. The van der Waals surface area contributed by atoms with E-state index in [1.54, 1.807) is 0 Å². The van der Waals surface area contributed by atoms with Gasteiger partial charge in [-0.05, 0) is 17.4 Å². The van der Waals surface area contributed by atoms with Gasteiger partial charge < -0.3 is 26.6 Å². The molecule has 2 rings (SSSR count). The van der Waals surface area contributed by atoms with E-state index in [-0.39, 0.29) is 17.0 Å². The van der Waals surface area contributed by atoms with Gasteiger partial charge in [0, 0.05) is 5.56 Å². The van der Waals surface area contributed by atoms with Crippen LogP contribution in [0.4, 0.5) is 0 Å².